The first-order valence-corrected chi connectivity index (χ1v) is 18.0. The standard InChI is InChI=1S/C38H54ClFN3O/c1-33(2)16-18-38-19-17-36(6)24(30(38)32(33)44-22-38)12-13-29-35(5)20-27-31(34(3,4)28(35)14-15-37(29,36)7)43(41-42(27)8)21-23-25(39)10-9-11-26(23)40/h9-11,24,28-30,32H,12-22H2,1-8H3/q+1/t24-,28+,29-,30+,32-,35+,36-,37-,38-/m1/s1. The molecule has 44 heavy (non-hydrogen) atoms. The summed E-state index contributed by atoms with van der Waals surface area (Å²) in [7, 11) is 2.10. The van der Waals surface area contributed by atoms with E-state index in [1.165, 1.54) is 68.8 Å². The zero-order chi connectivity index (χ0) is 31.2. The Balaban J connectivity index is 1.18. The first kappa shape index (κ1) is 29.9. The van der Waals surface area contributed by atoms with Crippen molar-refractivity contribution in [2.75, 3.05) is 6.61 Å². The van der Waals surface area contributed by atoms with Crippen LogP contribution in [-0.2, 0) is 30.2 Å². The molecule has 1 aliphatic heterocycles. The summed E-state index contributed by atoms with van der Waals surface area (Å²) in [5, 5.41) is 5.51. The maximum atomic E-state index is 15.0. The summed E-state index contributed by atoms with van der Waals surface area (Å²) >= 11 is 6.52. The second-order valence-electron chi connectivity index (χ2n) is 18.3. The van der Waals surface area contributed by atoms with Crippen molar-refractivity contribution in [1.29, 1.82) is 0 Å². The van der Waals surface area contributed by atoms with Crippen molar-refractivity contribution in [2.45, 2.75) is 124 Å². The van der Waals surface area contributed by atoms with Crippen LogP contribution in [-0.4, -0.2) is 22.6 Å². The summed E-state index contributed by atoms with van der Waals surface area (Å²) in [6.07, 6.45) is 12.1. The van der Waals surface area contributed by atoms with Crippen LogP contribution in [0.4, 0.5) is 4.39 Å². The summed E-state index contributed by atoms with van der Waals surface area (Å²) in [5.41, 5.74) is 4.63. The number of benzene rings is 1. The molecular weight excluding hydrogens is 569 g/mol. The SMILES string of the molecule is Cn1n[n+](Cc2c(F)cccc2Cl)c2c1C[C@]1(C)[C@H]3CC[C@@H]4[C@H]5[C@H]6OC[C@@]5(CCC6(C)C)CC[C@@]4(C)[C@]3(C)CC[C@H]1C2(C)C. The van der Waals surface area contributed by atoms with E-state index in [2.05, 4.69) is 64.9 Å². The molecule has 4 saturated carbocycles. The molecule has 1 aromatic carbocycles. The molecular formula is C38H54ClFN3O+. The first-order chi connectivity index (χ1) is 20.6. The Morgan fingerprint density at radius 1 is 0.955 bits per heavy atom. The van der Waals surface area contributed by atoms with Gasteiger partial charge in [-0.25, -0.2) is 4.39 Å². The molecule has 0 N–H and O–H groups in total. The van der Waals surface area contributed by atoms with Gasteiger partial charge in [-0.3, -0.25) is 0 Å². The van der Waals surface area contributed by atoms with Crippen LogP contribution in [0.15, 0.2) is 18.2 Å². The molecule has 5 aliphatic carbocycles. The Morgan fingerprint density at radius 3 is 2.45 bits per heavy atom. The molecule has 6 heteroatoms. The Morgan fingerprint density at radius 2 is 1.70 bits per heavy atom. The predicted molar refractivity (Wildman–Crippen MR) is 172 cm³/mol. The highest BCUT2D eigenvalue weighted by Crippen LogP contribution is 2.77. The van der Waals surface area contributed by atoms with Crippen LogP contribution in [0.5, 0.6) is 0 Å². The molecule has 1 saturated heterocycles. The van der Waals surface area contributed by atoms with Crippen molar-refractivity contribution in [2.24, 2.45) is 57.8 Å². The molecule has 8 rings (SSSR count). The molecule has 0 unspecified atom stereocenters. The molecule has 9 atom stereocenters. The normalized spacial score (nSPS) is 44.6. The van der Waals surface area contributed by atoms with Crippen LogP contribution in [0, 0.1) is 56.6 Å². The van der Waals surface area contributed by atoms with Crippen LogP contribution in [0.1, 0.15) is 117 Å². The minimum absolute atomic E-state index is 0.0790. The van der Waals surface area contributed by atoms with E-state index in [-0.39, 0.29) is 22.1 Å². The van der Waals surface area contributed by atoms with Crippen molar-refractivity contribution in [3.63, 3.8) is 0 Å². The number of hydrogen-bond donors (Lipinski definition) is 0. The zero-order valence-corrected chi connectivity index (χ0v) is 29.2. The third-order valence-corrected chi connectivity index (χ3v) is 16.3. The highest BCUT2D eigenvalue weighted by molar-refractivity contribution is 6.31. The summed E-state index contributed by atoms with van der Waals surface area (Å²) < 4.78 is 25.9. The van der Waals surface area contributed by atoms with Crippen LogP contribution in [0.25, 0.3) is 0 Å². The molecule has 5 fully saturated rings. The number of halogens is 2. The van der Waals surface area contributed by atoms with Crippen molar-refractivity contribution in [3.05, 3.63) is 46.0 Å². The molecule has 0 spiro atoms. The van der Waals surface area contributed by atoms with E-state index >= 15 is 0 Å². The molecule has 6 aliphatic rings. The zero-order valence-electron chi connectivity index (χ0n) is 28.4. The highest BCUT2D eigenvalue weighted by Gasteiger charge is 2.73. The van der Waals surface area contributed by atoms with E-state index in [0.29, 0.717) is 51.3 Å². The molecule has 4 nitrogen and oxygen atoms in total. The topological polar surface area (TPSA) is 30.9 Å². The average Bonchev–Trinajstić information content (AvgIpc) is 3.44. The van der Waals surface area contributed by atoms with Crippen LogP contribution in [0.3, 0.4) is 0 Å². The second kappa shape index (κ2) is 9.12. The van der Waals surface area contributed by atoms with Crippen molar-refractivity contribution < 1.29 is 13.8 Å². The van der Waals surface area contributed by atoms with Gasteiger partial charge in [0.05, 0.1) is 28.5 Å². The predicted octanol–water partition coefficient (Wildman–Crippen LogP) is 8.45. The van der Waals surface area contributed by atoms with Gasteiger partial charge >= 0.3 is 0 Å². The Bertz CT molecular complexity index is 1510. The minimum atomic E-state index is -0.254. The summed E-state index contributed by atoms with van der Waals surface area (Å²) in [6, 6.07) is 4.98. The van der Waals surface area contributed by atoms with Gasteiger partial charge in [-0.15, -0.1) is 9.36 Å². The van der Waals surface area contributed by atoms with Crippen molar-refractivity contribution >= 4 is 11.6 Å². The fourth-order valence-corrected chi connectivity index (χ4v) is 13.9. The smallest absolute Gasteiger partial charge is 0.177 e. The molecule has 2 heterocycles. The lowest BCUT2D eigenvalue weighted by Crippen LogP contribution is -2.68. The number of hydrogen-bond acceptors (Lipinski definition) is 2. The first-order valence-electron chi connectivity index (χ1n) is 17.6. The van der Waals surface area contributed by atoms with Gasteiger partial charge in [0.15, 0.2) is 11.4 Å². The molecule has 2 aromatic rings. The van der Waals surface area contributed by atoms with Gasteiger partial charge in [0, 0.05) is 11.8 Å². The maximum Gasteiger partial charge on any atom is 0.177 e. The molecule has 2 bridgehead atoms. The number of aromatic nitrogens is 3. The fourth-order valence-electron chi connectivity index (χ4n) is 13.7. The summed E-state index contributed by atoms with van der Waals surface area (Å²) in [5.74, 6) is 2.47. The van der Waals surface area contributed by atoms with Gasteiger partial charge in [-0.2, -0.15) is 0 Å². The van der Waals surface area contributed by atoms with Gasteiger partial charge in [0.25, 0.3) is 0 Å². The van der Waals surface area contributed by atoms with E-state index in [1.54, 1.807) is 12.1 Å². The number of aryl methyl sites for hydroxylation is 1. The van der Waals surface area contributed by atoms with Crippen LogP contribution >= 0.6 is 11.6 Å². The quantitative estimate of drug-likeness (QED) is 0.315. The summed E-state index contributed by atoms with van der Waals surface area (Å²) in [6.45, 7) is 19.4. The van der Waals surface area contributed by atoms with Crippen LogP contribution < -0.4 is 4.68 Å². The third kappa shape index (κ3) is 3.55. The minimum Gasteiger partial charge on any atom is -0.377 e. The highest BCUT2D eigenvalue weighted by atomic mass is 35.5. The van der Waals surface area contributed by atoms with Gasteiger partial charge in [-0.1, -0.05) is 66.1 Å². The van der Waals surface area contributed by atoms with E-state index in [4.69, 9.17) is 21.6 Å². The number of fused-ring (bicyclic) bond motifs is 6. The van der Waals surface area contributed by atoms with E-state index in [1.807, 2.05) is 0 Å². The lowest BCUT2D eigenvalue weighted by Gasteiger charge is -2.72. The average molecular weight is 623 g/mol. The van der Waals surface area contributed by atoms with Gasteiger partial charge in [0.1, 0.15) is 19.4 Å². The largest absolute Gasteiger partial charge is 0.377 e. The number of rotatable bonds is 2. The Kier molecular flexibility index (Phi) is 6.20. The Hall–Kier alpha value is -1.46. The van der Waals surface area contributed by atoms with E-state index in [9.17, 15) is 4.39 Å². The Labute approximate surface area is 269 Å². The molecule has 1 aromatic heterocycles. The third-order valence-electron chi connectivity index (χ3n) is 16.0. The lowest BCUT2D eigenvalue weighted by molar-refractivity contribution is -0.757. The van der Waals surface area contributed by atoms with Gasteiger partial charge in [0.2, 0.25) is 0 Å². The second-order valence-corrected chi connectivity index (χ2v) is 18.7. The van der Waals surface area contributed by atoms with Gasteiger partial charge < -0.3 is 4.74 Å². The molecule has 240 valence electrons. The summed E-state index contributed by atoms with van der Waals surface area (Å²) in [4.78, 5) is 0. The van der Waals surface area contributed by atoms with Crippen molar-refractivity contribution in [3.8, 4) is 0 Å². The number of ether oxygens (including phenoxy) is 1. The maximum absolute atomic E-state index is 15.0. The fraction of sp³-hybridized carbons (Fsp3) is 0.789. The molecule has 0 amide bonds. The number of nitrogens with zero attached hydrogens (tertiary/aromatic N) is 3. The van der Waals surface area contributed by atoms with E-state index in [0.717, 1.165) is 24.9 Å². The molecule has 0 radical (unpaired) electrons. The van der Waals surface area contributed by atoms with E-state index < -0.39 is 0 Å². The van der Waals surface area contributed by atoms with Crippen molar-refractivity contribution in [1.82, 2.24) is 9.90 Å². The van der Waals surface area contributed by atoms with Crippen LogP contribution in [0.2, 0.25) is 5.02 Å². The van der Waals surface area contributed by atoms with Gasteiger partial charge in [-0.05, 0) is 114 Å². The lowest BCUT2D eigenvalue weighted by atomic mass is 9.31. The monoisotopic (exact) mass is 622 g/mol.